The van der Waals surface area contributed by atoms with Gasteiger partial charge >= 0.3 is 5.97 Å². The third-order valence-electron chi connectivity index (χ3n) is 2.63. The van der Waals surface area contributed by atoms with Crippen LogP contribution < -0.4 is 9.47 Å². The Bertz CT molecular complexity index is 472. The number of methoxy groups -OCH3 is 2. The SMILES string of the molecule is COc1ccc(CS(=O)CC(C)C(=O)O)cc1OC. The maximum absolute atomic E-state index is 11.9. The standard InChI is InChI=1S/C13H18O5S/c1-9(13(14)15)7-19(16)8-10-4-5-11(17-2)12(6-10)18-3/h4-6,9H,7-8H2,1-3H3,(H,14,15). The first-order valence-corrected chi connectivity index (χ1v) is 7.25. The highest BCUT2D eigenvalue weighted by atomic mass is 32.2. The first-order chi connectivity index (χ1) is 8.97. The van der Waals surface area contributed by atoms with E-state index in [9.17, 15) is 9.00 Å². The van der Waals surface area contributed by atoms with Crippen LogP contribution in [0, 0.1) is 5.92 Å². The van der Waals surface area contributed by atoms with Crippen LogP contribution in [-0.2, 0) is 21.3 Å². The van der Waals surface area contributed by atoms with Gasteiger partial charge in [-0.15, -0.1) is 0 Å². The molecule has 19 heavy (non-hydrogen) atoms. The second-order valence-electron chi connectivity index (χ2n) is 4.18. The summed E-state index contributed by atoms with van der Waals surface area (Å²) in [7, 11) is 1.86. The van der Waals surface area contributed by atoms with Crippen LogP contribution >= 0.6 is 0 Å². The number of carboxylic acids is 1. The van der Waals surface area contributed by atoms with Gasteiger partial charge in [-0.2, -0.15) is 0 Å². The molecule has 1 rings (SSSR count). The predicted octanol–water partition coefficient (Wildman–Crippen LogP) is 1.67. The van der Waals surface area contributed by atoms with Crippen molar-refractivity contribution in [3.8, 4) is 11.5 Å². The van der Waals surface area contributed by atoms with Gasteiger partial charge in [0.15, 0.2) is 11.5 Å². The molecule has 0 heterocycles. The highest BCUT2D eigenvalue weighted by molar-refractivity contribution is 7.84. The lowest BCUT2D eigenvalue weighted by Gasteiger charge is -2.10. The first kappa shape index (κ1) is 15.5. The van der Waals surface area contributed by atoms with Crippen LogP contribution in [0.4, 0.5) is 0 Å². The molecule has 2 atom stereocenters. The van der Waals surface area contributed by atoms with Crippen molar-refractivity contribution >= 4 is 16.8 Å². The second kappa shape index (κ2) is 7.13. The topological polar surface area (TPSA) is 72.8 Å². The minimum atomic E-state index is -1.22. The van der Waals surface area contributed by atoms with Crippen molar-refractivity contribution < 1.29 is 23.6 Å². The minimum absolute atomic E-state index is 0.143. The molecule has 0 radical (unpaired) electrons. The van der Waals surface area contributed by atoms with E-state index in [0.29, 0.717) is 17.3 Å². The van der Waals surface area contributed by atoms with E-state index in [2.05, 4.69) is 0 Å². The highest BCUT2D eigenvalue weighted by Gasteiger charge is 2.15. The summed E-state index contributed by atoms with van der Waals surface area (Å²) in [5, 5.41) is 8.78. The van der Waals surface area contributed by atoms with Gasteiger partial charge in [0.2, 0.25) is 0 Å². The molecule has 0 aliphatic carbocycles. The number of aliphatic carboxylic acids is 1. The fourth-order valence-corrected chi connectivity index (χ4v) is 2.93. The van der Waals surface area contributed by atoms with E-state index >= 15 is 0 Å². The highest BCUT2D eigenvalue weighted by Crippen LogP contribution is 2.28. The van der Waals surface area contributed by atoms with Gasteiger partial charge in [-0.25, -0.2) is 0 Å². The lowest BCUT2D eigenvalue weighted by Crippen LogP contribution is -2.18. The summed E-state index contributed by atoms with van der Waals surface area (Å²) >= 11 is 0. The lowest BCUT2D eigenvalue weighted by molar-refractivity contribution is -0.140. The van der Waals surface area contributed by atoms with E-state index in [1.807, 2.05) is 0 Å². The Morgan fingerprint density at radius 1 is 1.32 bits per heavy atom. The molecule has 0 amide bonds. The van der Waals surface area contributed by atoms with Crippen molar-refractivity contribution in [2.24, 2.45) is 5.92 Å². The summed E-state index contributed by atoms with van der Waals surface area (Å²) in [6, 6.07) is 5.29. The molecule has 0 aliphatic rings. The molecule has 0 saturated carbocycles. The van der Waals surface area contributed by atoms with E-state index in [1.54, 1.807) is 32.2 Å². The Kier molecular flexibility index (Phi) is 5.82. The molecule has 0 aromatic heterocycles. The Balaban J connectivity index is 2.72. The third kappa shape index (κ3) is 4.55. The van der Waals surface area contributed by atoms with Crippen molar-refractivity contribution in [1.82, 2.24) is 0 Å². The van der Waals surface area contributed by atoms with Crippen molar-refractivity contribution in [1.29, 1.82) is 0 Å². The Hall–Kier alpha value is -1.56. The monoisotopic (exact) mass is 286 g/mol. The third-order valence-corrected chi connectivity index (χ3v) is 4.16. The summed E-state index contributed by atoms with van der Waals surface area (Å²) in [6.07, 6.45) is 0. The van der Waals surface area contributed by atoms with Gasteiger partial charge in [-0.1, -0.05) is 13.0 Å². The van der Waals surface area contributed by atoms with Gasteiger partial charge in [0.25, 0.3) is 0 Å². The molecule has 1 N–H and O–H groups in total. The average molecular weight is 286 g/mol. The molecule has 2 unspecified atom stereocenters. The van der Waals surface area contributed by atoms with Crippen LogP contribution in [0.15, 0.2) is 18.2 Å². The lowest BCUT2D eigenvalue weighted by atomic mass is 10.2. The normalized spacial score (nSPS) is 13.6. The maximum Gasteiger partial charge on any atom is 0.307 e. The van der Waals surface area contributed by atoms with E-state index in [0.717, 1.165) is 5.56 Å². The van der Waals surface area contributed by atoms with Crippen LogP contribution in [0.25, 0.3) is 0 Å². The second-order valence-corrected chi connectivity index (χ2v) is 5.68. The Labute approximate surface area is 115 Å². The van der Waals surface area contributed by atoms with Crippen LogP contribution in [-0.4, -0.2) is 35.3 Å². The van der Waals surface area contributed by atoms with Gasteiger partial charge in [-0.05, 0) is 17.7 Å². The molecule has 0 fully saturated rings. The summed E-state index contributed by atoms with van der Waals surface area (Å²) in [5.74, 6) is 0.0858. The molecule has 6 heteroatoms. The fourth-order valence-electron chi connectivity index (χ4n) is 1.57. The summed E-state index contributed by atoms with van der Waals surface area (Å²) in [5.41, 5.74) is 0.827. The molecule has 0 bridgehead atoms. The van der Waals surface area contributed by atoms with Crippen LogP contribution in [0.5, 0.6) is 11.5 Å². The van der Waals surface area contributed by atoms with E-state index < -0.39 is 22.7 Å². The molecule has 106 valence electrons. The summed E-state index contributed by atoms with van der Waals surface area (Å²) in [6.45, 7) is 1.55. The number of rotatable bonds is 7. The zero-order valence-corrected chi connectivity index (χ0v) is 12.0. The number of hydrogen-bond donors (Lipinski definition) is 1. The molecule has 0 spiro atoms. The van der Waals surface area contributed by atoms with Gasteiger partial charge in [-0.3, -0.25) is 9.00 Å². The number of hydrogen-bond acceptors (Lipinski definition) is 4. The zero-order valence-electron chi connectivity index (χ0n) is 11.2. The van der Waals surface area contributed by atoms with Crippen LogP contribution in [0.3, 0.4) is 0 Å². The number of carboxylic acid groups (broad SMARTS) is 1. The largest absolute Gasteiger partial charge is 0.493 e. The van der Waals surface area contributed by atoms with Gasteiger partial charge < -0.3 is 14.6 Å². The number of carbonyl (C=O) groups is 1. The summed E-state index contributed by atoms with van der Waals surface area (Å²) in [4.78, 5) is 10.7. The summed E-state index contributed by atoms with van der Waals surface area (Å²) < 4.78 is 22.1. The molecule has 0 aliphatic heterocycles. The van der Waals surface area contributed by atoms with Crippen molar-refractivity contribution in [3.63, 3.8) is 0 Å². The Morgan fingerprint density at radius 3 is 2.47 bits per heavy atom. The fraction of sp³-hybridized carbons (Fsp3) is 0.462. The Morgan fingerprint density at radius 2 is 1.95 bits per heavy atom. The van der Waals surface area contributed by atoms with E-state index in [1.165, 1.54) is 7.11 Å². The minimum Gasteiger partial charge on any atom is -0.493 e. The molecule has 0 saturated heterocycles. The molecule has 1 aromatic rings. The number of benzene rings is 1. The van der Waals surface area contributed by atoms with Crippen molar-refractivity contribution in [3.05, 3.63) is 23.8 Å². The average Bonchev–Trinajstić information content (AvgIpc) is 2.38. The van der Waals surface area contributed by atoms with Gasteiger partial charge in [0.05, 0.1) is 20.1 Å². The predicted molar refractivity (Wildman–Crippen MR) is 73.1 cm³/mol. The first-order valence-electron chi connectivity index (χ1n) is 5.76. The van der Waals surface area contributed by atoms with Crippen LogP contribution in [0.1, 0.15) is 12.5 Å². The van der Waals surface area contributed by atoms with Crippen molar-refractivity contribution in [2.45, 2.75) is 12.7 Å². The van der Waals surface area contributed by atoms with Crippen molar-refractivity contribution in [2.75, 3.05) is 20.0 Å². The van der Waals surface area contributed by atoms with E-state index in [-0.39, 0.29) is 5.75 Å². The quantitative estimate of drug-likeness (QED) is 0.825. The molecule has 5 nitrogen and oxygen atoms in total. The van der Waals surface area contributed by atoms with Gasteiger partial charge in [0, 0.05) is 22.3 Å². The molecular weight excluding hydrogens is 268 g/mol. The van der Waals surface area contributed by atoms with E-state index in [4.69, 9.17) is 14.6 Å². The smallest absolute Gasteiger partial charge is 0.307 e. The maximum atomic E-state index is 11.9. The zero-order chi connectivity index (χ0) is 14.4. The molecular formula is C13H18O5S. The number of ether oxygens (including phenoxy) is 2. The van der Waals surface area contributed by atoms with Gasteiger partial charge in [0.1, 0.15) is 0 Å². The molecule has 1 aromatic carbocycles. The van der Waals surface area contributed by atoms with Crippen LogP contribution in [0.2, 0.25) is 0 Å².